The summed E-state index contributed by atoms with van der Waals surface area (Å²) in [6.45, 7) is 3.38. The quantitative estimate of drug-likeness (QED) is 0.345. The van der Waals surface area contributed by atoms with Gasteiger partial charge in [0.25, 0.3) is 0 Å². The number of nitrogens with two attached hydrogens (primary N) is 1. The zero-order valence-corrected chi connectivity index (χ0v) is 19.5. The Labute approximate surface area is 200 Å². The summed E-state index contributed by atoms with van der Waals surface area (Å²) in [5.74, 6) is 0.690. The zero-order valence-electron chi connectivity index (χ0n) is 18.0. The van der Waals surface area contributed by atoms with E-state index in [1.165, 1.54) is 23.9 Å². The minimum Gasteiger partial charge on any atom is -0.354 e. The van der Waals surface area contributed by atoms with Crippen LogP contribution in [0.3, 0.4) is 0 Å². The van der Waals surface area contributed by atoms with E-state index in [0.29, 0.717) is 45.6 Å². The van der Waals surface area contributed by atoms with E-state index in [1.54, 1.807) is 6.07 Å². The van der Waals surface area contributed by atoms with Gasteiger partial charge in [-0.2, -0.15) is 13.2 Å². The van der Waals surface area contributed by atoms with Gasteiger partial charge in [0, 0.05) is 46.7 Å². The number of halogens is 4. The number of alkyl halides is 3. The van der Waals surface area contributed by atoms with Crippen LogP contribution in [-0.2, 0) is 12.6 Å². The summed E-state index contributed by atoms with van der Waals surface area (Å²) >= 11 is 7.84. The second kappa shape index (κ2) is 8.47. The van der Waals surface area contributed by atoms with E-state index in [1.807, 2.05) is 6.92 Å². The van der Waals surface area contributed by atoms with Crippen molar-refractivity contribution in [2.45, 2.75) is 42.0 Å². The first-order chi connectivity index (χ1) is 16.1. The number of aryl methyl sites for hydroxylation is 1. The number of nitrogens with zero attached hydrogens (tertiary/aromatic N) is 3. The van der Waals surface area contributed by atoms with Gasteiger partial charge in [0.1, 0.15) is 17.2 Å². The van der Waals surface area contributed by atoms with Gasteiger partial charge in [0.05, 0.1) is 10.4 Å². The van der Waals surface area contributed by atoms with Crippen LogP contribution in [0.25, 0.3) is 21.9 Å². The zero-order chi connectivity index (χ0) is 24.2. The van der Waals surface area contributed by atoms with Crippen LogP contribution in [0.1, 0.15) is 24.7 Å². The smallest absolute Gasteiger partial charge is 0.354 e. The highest BCUT2D eigenvalue weighted by Crippen LogP contribution is 2.38. The van der Waals surface area contributed by atoms with E-state index in [0.717, 1.165) is 24.0 Å². The molecule has 12 heteroatoms. The summed E-state index contributed by atoms with van der Waals surface area (Å²) in [6.07, 6.45) is -3.10. The van der Waals surface area contributed by atoms with Crippen LogP contribution < -0.4 is 16.1 Å². The molecular weight excluding hydrogens is 489 g/mol. The number of benzene rings is 1. The maximum atomic E-state index is 13.0. The predicted molar refractivity (Wildman–Crippen MR) is 127 cm³/mol. The number of nitrogens with one attached hydrogen (secondary N) is 2. The fourth-order valence-electron chi connectivity index (χ4n) is 4.12. The van der Waals surface area contributed by atoms with E-state index >= 15 is 0 Å². The summed E-state index contributed by atoms with van der Waals surface area (Å²) in [4.78, 5) is 30.0. The van der Waals surface area contributed by atoms with Crippen LogP contribution in [0, 0.1) is 0 Å². The highest BCUT2D eigenvalue weighted by molar-refractivity contribution is 7.99. The van der Waals surface area contributed by atoms with Gasteiger partial charge in [0.15, 0.2) is 10.6 Å². The third-order valence-corrected chi connectivity index (χ3v) is 7.09. The van der Waals surface area contributed by atoms with E-state index in [-0.39, 0.29) is 16.9 Å². The maximum absolute atomic E-state index is 13.0. The number of anilines is 1. The summed E-state index contributed by atoms with van der Waals surface area (Å²) < 4.78 is 39.1. The number of aromatic nitrogens is 4. The van der Waals surface area contributed by atoms with Gasteiger partial charge in [-0.25, -0.2) is 9.97 Å². The van der Waals surface area contributed by atoms with Gasteiger partial charge in [-0.3, -0.25) is 4.79 Å². The Morgan fingerprint density at radius 3 is 2.74 bits per heavy atom. The van der Waals surface area contributed by atoms with Gasteiger partial charge in [-0.1, -0.05) is 18.5 Å². The molecule has 3 aromatic heterocycles. The Bertz CT molecular complexity index is 1470. The lowest BCUT2D eigenvalue weighted by Gasteiger charge is -2.18. The molecule has 34 heavy (non-hydrogen) atoms. The lowest BCUT2D eigenvalue weighted by molar-refractivity contribution is -0.141. The van der Waals surface area contributed by atoms with Gasteiger partial charge in [0.2, 0.25) is 0 Å². The molecule has 1 aliphatic heterocycles. The highest BCUT2D eigenvalue weighted by Gasteiger charge is 2.32. The fraction of sp³-hybridized carbons (Fsp3) is 0.318. The van der Waals surface area contributed by atoms with Crippen molar-refractivity contribution in [3.8, 4) is 0 Å². The molecule has 5 rings (SSSR count). The van der Waals surface area contributed by atoms with Crippen molar-refractivity contribution in [3.63, 3.8) is 0 Å². The Balaban J connectivity index is 1.57. The number of fused-ring (bicyclic) bond motifs is 2. The predicted octanol–water partition coefficient (Wildman–Crippen LogP) is 4.72. The monoisotopic (exact) mass is 508 g/mol. The third-order valence-electron chi connectivity index (χ3n) is 5.82. The van der Waals surface area contributed by atoms with Gasteiger partial charge in [-0.05, 0) is 42.8 Å². The van der Waals surface area contributed by atoms with Crippen LogP contribution >= 0.6 is 23.4 Å². The van der Waals surface area contributed by atoms with Gasteiger partial charge >= 0.3 is 6.18 Å². The van der Waals surface area contributed by atoms with E-state index in [9.17, 15) is 18.0 Å². The first-order valence-electron chi connectivity index (χ1n) is 10.6. The van der Waals surface area contributed by atoms with Gasteiger partial charge < -0.3 is 20.6 Å². The molecule has 4 heterocycles. The second-order valence-corrected chi connectivity index (χ2v) is 9.59. The molecule has 0 aliphatic carbocycles. The topological polar surface area (TPSA) is 104 Å². The van der Waals surface area contributed by atoms with Crippen molar-refractivity contribution in [1.29, 1.82) is 0 Å². The molecular formula is C22H20ClF3N6OS. The fourth-order valence-corrected chi connectivity index (χ4v) is 5.26. The molecule has 4 N–H and O–H groups in total. The van der Waals surface area contributed by atoms with Crippen molar-refractivity contribution in [3.05, 3.63) is 50.9 Å². The molecule has 0 radical (unpaired) electrons. The lowest BCUT2D eigenvalue weighted by atomic mass is 10.2. The Morgan fingerprint density at radius 2 is 2.06 bits per heavy atom. The summed E-state index contributed by atoms with van der Waals surface area (Å²) in [5, 5.41) is 1.90. The van der Waals surface area contributed by atoms with Crippen molar-refractivity contribution < 1.29 is 13.2 Å². The standard InChI is InChI=1S/C22H20ClF3N6OS/c1-2-13-18(23)17-19(29-13)30-21(31-20(17)32-6-5-10(27)9-32)34-11-3-4-14-12(7-11)15(33)8-16(28-14)22(24,25)26/h3-4,7-8,10H,2,5-6,9,27H2,1H3,(H,28,33)(H,29,30,31)/t10-/m0/s1. The Hall–Kier alpha value is -2.76. The van der Waals surface area contributed by atoms with E-state index < -0.39 is 17.3 Å². The van der Waals surface area contributed by atoms with Crippen molar-refractivity contribution in [2.24, 2.45) is 5.73 Å². The average Bonchev–Trinajstić information content (AvgIpc) is 3.36. The second-order valence-electron chi connectivity index (χ2n) is 8.17. The van der Waals surface area contributed by atoms with Crippen molar-refractivity contribution in [2.75, 3.05) is 18.0 Å². The number of pyridine rings is 1. The first kappa shape index (κ1) is 23.0. The van der Waals surface area contributed by atoms with E-state index in [2.05, 4.69) is 19.9 Å². The summed E-state index contributed by atoms with van der Waals surface area (Å²) in [5.41, 5.74) is 5.88. The third kappa shape index (κ3) is 4.12. The Morgan fingerprint density at radius 1 is 1.26 bits per heavy atom. The number of H-pyrrole nitrogens is 2. The first-order valence-corrected chi connectivity index (χ1v) is 11.8. The molecule has 1 saturated heterocycles. The molecule has 0 amide bonds. The number of hydrogen-bond acceptors (Lipinski definition) is 6. The SMILES string of the molecule is CCc1[nH]c2nc(Sc3ccc4[nH]c(C(F)(F)F)cc(=O)c4c3)nc(N3CC[C@H](N)C3)c2c1Cl. The molecule has 0 unspecified atom stereocenters. The molecule has 7 nitrogen and oxygen atoms in total. The van der Waals surface area contributed by atoms with Crippen LogP contribution in [0.15, 0.2) is 39.1 Å². The molecule has 0 spiro atoms. The largest absolute Gasteiger partial charge is 0.431 e. The molecule has 178 valence electrons. The molecule has 1 aliphatic rings. The minimum atomic E-state index is -4.63. The maximum Gasteiger partial charge on any atom is 0.431 e. The molecule has 4 aromatic rings. The number of hydrogen-bond donors (Lipinski definition) is 3. The summed E-state index contributed by atoms with van der Waals surface area (Å²) in [6, 6.07) is 5.23. The highest BCUT2D eigenvalue weighted by atomic mass is 35.5. The molecule has 1 aromatic carbocycles. The van der Waals surface area contributed by atoms with Crippen molar-refractivity contribution >= 4 is 51.1 Å². The number of aromatic amines is 2. The molecule has 1 atom stereocenters. The van der Waals surface area contributed by atoms with E-state index in [4.69, 9.17) is 22.3 Å². The summed E-state index contributed by atoms with van der Waals surface area (Å²) in [7, 11) is 0. The molecule has 0 saturated carbocycles. The molecule has 1 fully saturated rings. The van der Waals surface area contributed by atoms with Crippen LogP contribution in [0.2, 0.25) is 5.02 Å². The van der Waals surface area contributed by atoms with Crippen LogP contribution in [0.5, 0.6) is 0 Å². The minimum absolute atomic E-state index is 0.0401. The normalized spacial score (nSPS) is 16.8. The number of rotatable bonds is 4. The average molecular weight is 509 g/mol. The van der Waals surface area contributed by atoms with Gasteiger partial charge in [-0.15, -0.1) is 0 Å². The van der Waals surface area contributed by atoms with Crippen LogP contribution in [-0.4, -0.2) is 39.1 Å². The Kier molecular flexibility index (Phi) is 5.73. The lowest BCUT2D eigenvalue weighted by Crippen LogP contribution is -2.27. The van der Waals surface area contributed by atoms with Crippen LogP contribution in [0.4, 0.5) is 19.0 Å². The molecule has 0 bridgehead atoms. The van der Waals surface area contributed by atoms with Crippen molar-refractivity contribution in [1.82, 2.24) is 19.9 Å².